The summed E-state index contributed by atoms with van der Waals surface area (Å²) in [5, 5.41) is 0. The first-order valence-corrected chi connectivity index (χ1v) is 15.5. The highest BCUT2D eigenvalue weighted by Crippen LogP contribution is 2.31. The molecule has 0 aliphatic carbocycles. The summed E-state index contributed by atoms with van der Waals surface area (Å²) in [4.78, 5) is 0. The van der Waals surface area contributed by atoms with Crippen molar-refractivity contribution in [3.05, 3.63) is 140 Å². The second kappa shape index (κ2) is 16.4. The Labute approximate surface area is 270 Å². The third kappa shape index (κ3) is 9.12. The highest BCUT2D eigenvalue weighted by atomic mass is 79.9. The molecule has 0 radical (unpaired) electrons. The van der Waals surface area contributed by atoms with Crippen molar-refractivity contribution in [3.8, 4) is 0 Å². The molecular weight excluding hydrogens is 676 g/mol. The minimum absolute atomic E-state index is 0.246. The van der Waals surface area contributed by atoms with E-state index in [-0.39, 0.29) is 13.2 Å². The van der Waals surface area contributed by atoms with E-state index >= 15 is 0 Å². The molecule has 1 aliphatic heterocycles. The molecule has 1 heterocycles. The molecule has 0 spiro atoms. The topological polar surface area (TPSA) is 55.4 Å². The van der Waals surface area contributed by atoms with Crippen molar-refractivity contribution >= 4 is 31.9 Å². The summed E-state index contributed by atoms with van der Waals surface area (Å²) in [5.74, 6) is 0. The molecule has 5 rings (SSSR count). The first-order valence-electron chi connectivity index (χ1n) is 13.9. The largest absolute Gasteiger partial charge is 0.373 e. The average Bonchev–Trinajstić information content (AvgIpc) is 3.04. The van der Waals surface area contributed by atoms with Crippen LogP contribution in [0.2, 0.25) is 0 Å². The summed E-state index contributed by atoms with van der Waals surface area (Å²) in [6.07, 6.45) is -2.89. The van der Waals surface area contributed by atoms with Gasteiger partial charge in [0.2, 0.25) is 0 Å². The van der Waals surface area contributed by atoms with Gasteiger partial charge in [0.05, 0.1) is 37.5 Å². The summed E-state index contributed by atoms with van der Waals surface area (Å²) in [7, 11) is 1.60. The Hall–Kier alpha value is -2.76. The van der Waals surface area contributed by atoms with Gasteiger partial charge in [0.25, 0.3) is 0 Å². The molecule has 0 bridgehead atoms. The molecule has 0 saturated carbocycles. The first kappa shape index (κ1) is 31.7. The van der Waals surface area contributed by atoms with Crippen LogP contribution < -0.4 is 0 Å². The quantitative estimate of drug-likeness (QED) is 0.140. The lowest BCUT2D eigenvalue weighted by Crippen LogP contribution is -2.61. The van der Waals surface area contributed by atoms with Crippen LogP contribution in [0.15, 0.2) is 93.9 Å². The van der Waals surface area contributed by atoms with Gasteiger partial charge in [-0.3, -0.25) is 0 Å². The minimum Gasteiger partial charge on any atom is -0.373 e. The van der Waals surface area contributed by atoms with Crippen LogP contribution in [0.5, 0.6) is 0 Å². The molecular formula is C35H32Br2O6. The van der Waals surface area contributed by atoms with Crippen LogP contribution in [-0.4, -0.2) is 44.4 Å². The van der Waals surface area contributed by atoms with Gasteiger partial charge in [-0.1, -0.05) is 84.9 Å². The van der Waals surface area contributed by atoms with Crippen LogP contribution in [0.4, 0.5) is 0 Å². The van der Waals surface area contributed by atoms with Crippen molar-refractivity contribution in [2.75, 3.05) is 13.7 Å². The maximum absolute atomic E-state index is 6.63. The molecule has 8 heteroatoms. The lowest BCUT2D eigenvalue weighted by Gasteiger charge is -2.45. The SMILES string of the molecule is CO[C@@H]1OC(COCc2c#cc(Br)cc2)[C@H](OCc2ccccc2)[C@H](OCc2ccccc2)C1OCc1cc#ccc1Br. The van der Waals surface area contributed by atoms with Gasteiger partial charge in [0.1, 0.15) is 24.4 Å². The smallest absolute Gasteiger partial charge is 0.186 e. The molecule has 222 valence electrons. The number of ether oxygens (including phenoxy) is 6. The van der Waals surface area contributed by atoms with Crippen LogP contribution in [0, 0.1) is 24.3 Å². The Balaban J connectivity index is 1.39. The lowest BCUT2D eigenvalue weighted by molar-refractivity contribution is -0.323. The average molecular weight is 708 g/mol. The number of hydrogen-bond donors (Lipinski definition) is 0. The standard InChI is InChI=1S/C35H32Br2O6/c1-38-35-34(42-23-28-14-8-9-15-30(28)37)33(41-22-26-12-6-3-7-13-26)32(40-21-25-10-4-2-5-11-25)31(43-35)24-39-20-27-16-18-29(36)19-17-27/h2-7,10-16,18,31-35H,20-24H2,1H3/t31?,32-,33-,34?,35+/m0/s1. The zero-order chi connectivity index (χ0) is 29.9. The van der Waals surface area contributed by atoms with Gasteiger partial charge in [-0.25, -0.2) is 0 Å². The van der Waals surface area contributed by atoms with Crippen molar-refractivity contribution in [1.29, 1.82) is 0 Å². The molecule has 0 N–H and O–H groups in total. The Morgan fingerprint density at radius 3 is 1.98 bits per heavy atom. The fourth-order valence-electron chi connectivity index (χ4n) is 4.76. The van der Waals surface area contributed by atoms with Gasteiger partial charge in [-0.15, -0.1) is 0 Å². The second-order valence-corrected chi connectivity index (χ2v) is 11.7. The summed E-state index contributed by atoms with van der Waals surface area (Å²) in [5.41, 5.74) is 3.87. The molecule has 1 aliphatic rings. The molecule has 1 saturated heterocycles. The van der Waals surface area contributed by atoms with Crippen LogP contribution in [0.3, 0.4) is 0 Å². The molecule has 6 nitrogen and oxygen atoms in total. The number of hydrogen-bond acceptors (Lipinski definition) is 6. The molecule has 43 heavy (non-hydrogen) atoms. The minimum atomic E-state index is -0.725. The summed E-state index contributed by atoms with van der Waals surface area (Å²) < 4.78 is 39.9. The van der Waals surface area contributed by atoms with Gasteiger partial charge in [-0.05, 0) is 61.2 Å². The van der Waals surface area contributed by atoms with Crippen LogP contribution in [0.25, 0.3) is 0 Å². The van der Waals surface area contributed by atoms with Crippen LogP contribution in [-0.2, 0) is 54.8 Å². The molecule has 2 unspecified atom stereocenters. The first-order chi connectivity index (χ1) is 21.1. The summed E-state index contributed by atoms with van der Waals surface area (Å²) >= 11 is 6.98. The zero-order valence-electron chi connectivity index (χ0n) is 23.7. The predicted octanol–water partition coefficient (Wildman–Crippen LogP) is 7.06. The van der Waals surface area contributed by atoms with E-state index in [1.165, 1.54) is 0 Å². The molecule has 4 aromatic rings. The fourth-order valence-corrected chi connectivity index (χ4v) is 5.34. The predicted molar refractivity (Wildman–Crippen MR) is 168 cm³/mol. The van der Waals surface area contributed by atoms with Crippen molar-refractivity contribution in [3.63, 3.8) is 0 Å². The molecule has 0 amide bonds. The molecule has 5 atom stereocenters. The fraction of sp³-hybridized carbons (Fsp3) is 0.314. The summed E-state index contributed by atoms with van der Waals surface area (Å²) in [6.45, 7) is 1.61. The number of benzene rings is 2. The van der Waals surface area contributed by atoms with Gasteiger partial charge in [0.15, 0.2) is 6.29 Å². The van der Waals surface area contributed by atoms with Gasteiger partial charge < -0.3 is 28.4 Å². The third-order valence-corrected chi connectivity index (χ3v) is 8.17. The van der Waals surface area contributed by atoms with Crippen LogP contribution >= 0.6 is 31.9 Å². The van der Waals surface area contributed by atoms with E-state index in [4.69, 9.17) is 28.4 Å². The van der Waals surface area contributed by atoms with Crippen molar-refractivity contribution in [2.24, 2.45) is 0 Å². The van der Waals surface area contributed by atoms with E-state index in [1.54, 1.807) is 7.11 Å². The van der Waals surface area contributed by atoms with E-state index in [2.05, 4.69) is 56.1 Å². The zero-order valence-corrected chi connectivity index (χ0v) is 26.9. The lowest BCUT2D eigenvalue weighted by atomic mass is 9.97. The maximum Gasteiger partial charge on any atom is 0.186 e. The molecule has 4 aromatic carbocycles. The number of rotatable bonds is 14. The Morgan fingerprint density at radius 2 is 1.35 bits per heavy atom. The van der Waals surface area contributed by atoms with Gasteiger partial charge in [0, 0.05) is 28.8 Å². The van der Waals surface area contributed by atoms with E-state index in [0.29, 0.717) is 19.8 Å². The van der Waals surface area contributed by atoms with Crippen LogP contribution in [0.1, 0.15) is 22.3 Å². The normalized spacial score (nSPS) is 21.6. The third-order valence-electron chi connectivity index (χ3n) is 6.97. The number of methoxy groups -OCH3 is 1. The monoisotopic (exact) mass is 706 g/mol. The van der Waals surface area contributed by atoms with E-state index in [0.717, 1.165) is 31.2 Å². The van der Waals surface area contributed by atoms with Crippen molar-refractivity contribution in [1.82, 2.24) is 0 Å². The van der Waals surface area contributed by atoms with E-state index in [9.17, 15) is 0 Å². The Morgan fingerprint density at radius 1 is 0.698 bits per heavy atom. The highest BCUT2D eigenvalue weighted by Gasteiger charge is 2.48. The maximum atomic E-state index is 6.63. The Bertz CT molecular complexity index is 1370. The van der Waals surface area contributed by atoms with Crippen molar-refractivity contribution < 1.29 is 28.4 Å². The molecule has 1 fully saturated rings. The number of halogens is 2. The Kier molecular flexibility index (Phi) is 12.0. The summed E-state index contributed by atoms with van der Waals surface area (Å²) in [6, 6.07) is 39.6. The second-order valence-electron chi connectivity index (χ2n) is 10.00. The van der Waals surface area contributed by atoms with Gasteiger partial charge >= 0.3 is 0 Å². The van der Waals surface area contributed by atoms with Gasteiger partial charge in [-0.2, -0.15) is 0 Å². The highest BCUT2D eigenvalue weighted by molar-refractivity contribution is 9.10. The van der Waals surface area contributed by atoms with Crippen molar-refractivity contribution in [2.45, 2.75) is 57.1 Å². The van der Waals surface area contributed by atoms with E-state index in [1.807, 2.05) is 84.9 Å². The van der Waals surface area contributed by atoms with E-state index < -0.39 is 30.7 Å². The molecule has 0 aromatic heterocycles.